The van der Waals surface area contributed by atoms with Crippen molar-refractivity contribution in [2.45, 2.75) is 18.7 Å². The number of hydrogen-bond donors (Lipinski definition) is 0. The Hall–Kier alpha value is -2.12. The third-order valence-electron chi connectivity index (χ3n) is 3.87. The maximum absolute atomic E-state index is 12.7. The molecule has 7 heteroatoms. The van der Waals surface area contributed by atoms with Crippen LogP contribution >= 0.6 is 0 Å². The Kier molecular flexibility index (Phi) is 6.78. The number of piperazine rings is 1. The second-order valence-electron chi connectivity index (χ2n) is 5.52. The molecular formula is C18H24N2O4S. The van der Waals surface area contributed by atoms with Gasteiger partial charge in [-0.05, 0) is 38.1 Å². The van der Waals surface area contributed by atoms with E-state index in [1.807, 2.05) is 19.9 Å². The summed E-state index contributed by atoms with van der Waals surface area (Å²) >= 11 is 0. The van der Waals surface area contributed by atoms with E-state index in [9.17, 15) is 13.2 Å². The third-order valence-corrected chi connectivity index (χ3v) is 5.78. The van der Waals surface area contributed by atoms with Crippen LogP contribution in [0.4, 0.5) is 0 Å². The van der Waals surface area contributed by atoms with Crippen molar-refractivity contribution in [2.24, 2.45) is 0 Å². The molecule has 0 bridgehead atoms. The molecule has 6 nitrogen and oxygen atoms in total. The highest BCUT2D eigenvalue weighted by Crippen LogP contribution is 2.21. The Balaban J connectivity index is 2.00. The van der Waals surface area contributed by atoms with Gasteiger partial charge in [0.25, 0.3) is 0 Å². The molecule has 1 aliphatic heterocycles. The van der Waals surface area contributed by atoms with Gasteiger partial charge in [0.2, 0.25) is 15.9 Å². The first-order chi connectivity index (χ1) is 12.0. The van der Waals surface area contributed by atoms with E-state index in [1.54, 1.807) is 41.3 Å². The van der Waals surface area contributed by atoms with Gasteiger partial charge in [0.15, 0.2) is 0 Å². The first-order valence-corrected chi connectivity index (χ1v) is 9.74. The summed E-state index contributed by atoms with van der Waals surface area (Å²) in [4.78, 5) is 13.9. The standard InChI is InChI=1S/C18H24N2O4S/c1-3-5-6-7-18(21)19-12-14-20(15-13-19)25(22,23)17-10-8-16(9-11-17)24-4-2/h3,5-11H,4,12-15H2,1-2H3. The molecule has 1 heterocycles. The normalized spacial score (nSPS) is 16.6. The van der Waals surface area contributed by atoms with E-state index in [1.165, 1.54) is 10.4 Å². The quantitative estimate of drug-likeness (QED) is 0.572. The summed E-state index contributed by atoms with van der Waals surface area (Å²) in [6, 6.07) is 6.42. The van der Waals surface area contributed by atoms with Crippen LogP contribution in [-0.2, 0) is 14.8 Å². The van der Waals surface area contributed by atoms with Crippen molar-refractivity contribution in [3.8, 4) is 5.75 Å². The van der Waals surface area contributed by atoms with Crippen LogP contribution in [0.1, 0.15) is 13.8 Å². The van der Waals surface area contributed by atoms with Crippen molar-refractivity contribution in [1.29, 1.82) is 0 Å². The van der Waals surface area contributed by atoms with Gasteiger partial charge in [-0.25, -0.2) is 8.42 Å². The summed E-state index contributed by atoms with van der Waals surface area (Å²) in [6.45, 7) is 5.63. The summed E-state index contributed by atoms with van der Waals surface area (Å²) in [5.74, 6) is 0.543. The number of rotatable bonds is 6. The fraction of sp³-hybridized carbons (Fsp3) is 0.389. The number of ether oxygens (including phenoxy) is 1. The van der Waals surface area contributed by atoms with Crippen LogP contribution in [0.5, 0.6) is 5.75 Å². The van der Waals surface area contributed by atoms with E-state index >= 15 is 0 Å². The molecule has 1 aliphatic rings. The number of allylic oxidation sites excluding steroid dienone is 3. The largest absolute Gasteiger partial charge is 0.494 e. The molecule has 2 rings (SSSR count). The molecule has 0 aliphatic carbocycles. The van der Waals surface area contributed by atoms with Gasteiger partial charge in [0.05, 0.1) is 11.5 Å². The Bertz CT molecular complexity index is 731. The molecule has 0 aromatic heterocycles. The van der Waals surface area contributed by atoms with Gasteiger partial charge in [0.1, 0.15) is 5.75 Å². The Morgan fingerprint density at radius 2 is 1.76 bits per heavy atom. The van der Waals surface area contributed by atoms with Crippen molar-refractivity contribution in [2.75, 3.05) is 32.8 Å². The average molecular weight is 364 g/mol. The molecule has 1 aromatic rings. The zero-order chi connectivity index (χ0) is 18.3. The number of hydrogen-bond acceptors (Lipinski definition) is 4. The van der Waals surface area contributed by atoms with Crippen LogP contribution in [0.3, 0.4) is 0 Å². The number of carbonyl (C=O) groups excluding carboxylic acids is 1. The van der Waals surface area contributed by atoms with Gasteiger partial charge >= 0.3 is 0 Å². The molecule has 1 aromatic carbocycles. The SMILES string of the molecule is CC=CC=CC(=O)N1CCN(S(=O)(=O)c2ccc(OCC)cc2)CC1. The first-order valence-electron chi connectivity index (χ1n) is 8.30. The van der Waals surface area contributed by atoms with Crippen molar-refractivity contribution in [3.63, 3.8) is 0 Å². The zero-order valence-electron chi connectivity index (χ0n) is 14.6. The van der Waals surface area contributed by atoms with E-state index in [0.717, 1.165) is 0 Å². The van der Waals surface area contributed by atoms with Gasteiger partial charge in [-0.3, -0.25) is 4.79 Å². The summed E-state index contributed by atoms with van der Waals surface area (Å²) in [7, 11) is -3.55. The zero-order valence-corrected chi connectivity index (χ0v) is 15.4. The van der Waals surface area contributed by atoms with E-state index < -0.39 is 10.0 Å². The highest BCUT2D eigenvalue weighted by Gasteiger charge is 2.29. The van der Waals surface area contributed by atoms with Gasteiger partial charge in [-0.1, -0.05) is 18.2 Å². The Morgan fingerprint density at radius 3 is 2.32 bits per heavy atom. The Labute approximate surface area is 149 Å². The van der Waals surface area contributed by atoms with Crippen molar-refractivity contribution >= 4 is 15.9 Å². The first kappa shape index (κ1) is 19.2. The van der Waals surface area contributed by atoms with E-state index in [0.29, 0.717) is 38.5 Å². The molecule has 136 valence electrons. The fourth-order valence-electron chi connectivity index (χ4n) is 2.53. The van der Waals surface area contributed by atoms with Gasteiger partial charge in [-0.2, -0.15) is 4.31 Å². The maximum Gasteiger partial charge on any atom is 0.246 e. The third kappa shape index (κ3) is 4.93. The summed E-state index contributed by atoms with van der Waals surface area (Å²) in [6.07, 6.45) is 6.80. The highest BCUT2D eigenvalue weighted by molar-refractivity contribution is 7.89. The van der Waals surface area contributed by atoms with Crippen LogP contribution in [0, 0.1) is 0 Å². The maximum atomic E-state index is 12.7. The lowest BCUT2D eigenvalue weighted by Gasteiger charge is -2.33. The predicted molar refractivity (Wildman–Crippen MR) is 96.9 cm³/mol. The second-order valence-corrected chi connectivity index (χ2v) is 7.46. The number of benzene rings is 1. The fourth-order valence-corrected chi connectivity index (χ4v) is 3.95. The van der Waals surface area contributed by atoms with Gasteiger partial charge < -0.3 is 9.64 Å². The molecule has 0 spiro atoms. The number of carbonyl (C=O) groups is 1. The topological polar surface area (TPSA) is 66.9 Å². The van der Waals surface area contributed by atoms with Crippen LogP contribution in [0.25, 0.3) is 0 Å². The van der Waals surface area contributed by atoms with E-state index in [2.05, 4.69) is 0 Å². The summed E-state index contributed by atoms with van der Waals surface area (Å²) in [5, 5.41) is 0. The van der Waals surface area contributed by atoms with E-state index in [4.69, 9.17) is 4.74 Å². The highest BCUT2D eigenvalue weighted by atomic mass is 32.2. The number of amides is 1. The van der Waals surface area contributed by atoms with Crippen LogP contribution in [-0.4, -0.2) is 56.3 Å². The van der Waals surface area contributed by atoms with Crippen molar-refractivity contribution in [3.05, 3.63) is 48.6 Å². The molecule has 0 atom stereocenters. The molecule has 1 fully saturated rings. The number of sulfonamides is 1. The molecule has 0 unspecified atom stereocenters. The molecular weight excluding hydrogens is 340 g/mol. The Morgan fingerprint density at radius 1 is 1.12 bits per heavy atom. The number of nitrogens with zero attached hydrogens (tertiary/aromatic N) is 2. The molecule has 0 saturated carbocycles. The summed E-state index contributed by atoms with van der Waals surface area (Å²) in [5.41, 5.74) is 0. The van der Waals surface area contributed by atoms with Crippen LogP contribution in [0.2, 0.25) is 0 Å². The minimum absolute atomic E-state index is 0.101. The molecule has 0 N–H and O–H groups in total. The summed E-state index contributed by atoms with van der Waals surface area (Å²) < 4.78 is 32.2. The van der Waals surface area contributed by atoms with Crippen LogP contribution < -0.4 is 4.74 Å². The lowest BCUT2D eigenvalue weighted by atomic mass is 10.3. The minimum Gasteiger partial charge on any atom is -0.494 e. The van der Waals surface area contributed by atoms with E-state index in [-0.39, 0.29) is 10.8 Å². The molecule has 25 heavy (non-hydrogen) atoms. The molecule has 1 saturated heterocycles. The smallest absolute Gasteiger partial charge is 0.246 e. The minimum atomic E-state index is -3.55. The lowest BCUT2D eigenvalue weighted by Crippen LogP contribution is -2.50. The predicted octanol–water partition coefficient (Wildman–Crippen LogP) is 2.05. The molecule has 0 radical (unpaired) electrons. The average Bonchev–Trinajstić information content (AvgIpc) is 2.63. The molecule has 1 amide bonds. The van der Waals surface area contributed by atoms with Gasteiger partial charge in [-0.15, -0.1) is 0 Å². The second kappa shape index (κ2) is 8.82. The monoisotopic (exact) mass is 364 g/mol. The van der Waals surface area contributed by atoms with Gasteiger partial charge in [0, 0.05) is 32.3 Å². The van der Waals surface area contributed by atoms with Crippen molar-refractivity contribution in [1.82, 2.24) is 9.21 Å². The van der Waals surface area contributed by atoms with Crippen LogP contribution in [0.15, 0.2) is 53.5 Å². The lowest BCUT2D eigenvalue weighted by molar-refractivity contribution is -0.127. The van der Waals surface area contributed by atoms with Crippen molar-refractivity contribution < 1.29 is 17.9 Å².